The Balaban J connectivity index is 1.64. The van der Waals surface area contributed by atoms with Crippen molar-refractivity contribution < 1.29 is 14.3 Å². The minimum Gasteiger partial charge on any atom is -0.477 e. The molecular formula is C20H22FN3O3. The average molecular weight is 371 g/mol. The third kappa shape index (κ3) is 2.72. The van der Waals surface area contributed by atoms with Crippen molar-refractivity contribution in [3.8, 4) is 0 Å². The molecule has 0 spiro atoms. The van der Waals surface area contributed by atoms with E-state index in [1.54, 1.807) is 6.07 Å². The van der Waals surface area contributed by atoms with Crippen LogP contribution in [0, 0.1) is 11.7 Å². The van der Waals surface area contributed by atoms with E-state index >= 15 is 0 Å². The summed E-state index contributed by atoms with van der Waals surface area (Å²) < 4.78 is 16.8. The van der Waals surface area contributed by atoms with Crippen LogP contribution in [0.5, 0.6) is 0 Å². The Morgan fingerprint density at radius 3 is 2.74 bits per heavy atom. The molecule has 7 heteroatoms. The first-order valence-electron chi connectivity index (χ1n) is 9.63. The molecule has 1 aromatic carbocycles. The summed E-state index contributed by atoms with van der Waals surface area (Å²) in [7, 11) is 0. The summed E-state index contributed by atoms with van der Waals surface area (Å²) >= 11 is 0. The highest BCUT2D eigenvalue weighted by Gasteiger charge is 2.36. The van der Waals surface area contributed by atoms with E-state index in [0.29, 0.717) is 23.2 Å². The van der Waals surface area contributed by atoms with Crippen LogP contribution in [-0.2, 0) is 0 Å². The van der Waals surface area contributed by atoms with Gasteiger partial charge in [0.05, 0.1) is 11.2 Å². The van der Waals surface area contributed by atoms with Gasteiger partial charge in [-0.05, 0) is 50.3 Å². The molecule has 27 heavy (non-hydrogen) atoms. The van der Waals surface area contributed by atoms with Crippen LogP contribution in [0.4, 0.5) is 10.1 Å². The van der Waals surface area contributed by atoms with E-state index in [-0.39, 0.29) is 17.0 Å². The number of carboxylic acid groups (broad SMARTS) is 1. The van der Waals surface area contributed by atoms with Gasteiger partial charge in [-0.15, -0.1) is 0 Å². The molecule has 3 heterocycles. The number of hydrogen-bond acceptors (Lipinski definition) is 4. The lowest BCUT2D eigenvalue weighted by atomic mass is 9.94. The van der Waals surface area contributed by atoms with Gasteiger partial charge in [-0.3, -0.25) is 4.79 Å². The summed E-state index contributed by atoms with van der Waals surface area (Å²) in [6.45, 7) is 2.57. The van der Waals surface area contributed by atoms with Crippen LogP contribution in [0.15, 0.2) is 23.1 Å². The molecule has 2 N–H and O–H groups in total. The minimum atomic E-state index is -1.27. The second-order valence-corrected chi connectivity index (χ2v) is 8.00. The summed E-state index contributed by atoms with van der Waals surface area (Å²) in [5, 5.41) is 13.0. The summed E-state index contributed by atoms with van der Waals surface area (Å²) in [5.41, 5.74) is 0.233. The van der Waals surface area contributed by atoms with Crippen LogP contribution in [-0.4, -0.2) is 41.3 Å². The lowest BCUT2D eigenvalue weighted by Gasteiger charge is -2.24. The van der Waals surface area contributed by atoms with E-state index in [1.807, 2.05) is 4.57 Å². The largest absolute Gasteiger partial charge is 0.477 e. The fourth-order valence-electron chi connectivity index (χ4n) is 4.65. The average Bonchev–Trinajstić information content (AvgIpc) is 3.39. The molecule has 0 unspecified atom stereocenters. The molecule has 3 aliphatic rings. The van der Waals surface area contributed by atoms with Crippen LogP contribution >= 0.6 is 0 Å². The van der Waals surface area contributed by atoms with Crippen LogP contribution in [0.25, 0.3) is 10.9 Å². The van der Waals surface area contributed by atoms with Gasteiger partial charge in [-0.2, -0.15) is 0 Å². The van der Waals surface area contributed by atoms with Crippen molar-refractivity contribution in [3.63, 3.8) is 0 Å². The highest BCUT2D eigenvalue weighted by atomic mass is 19.1. The Morgan fingerprint density at radius 1 is 1.22 bits per heavy atom. The third-order valence-electron chi connectivity index (χ3n) is 6.21. The standard InChI is InChI=1S/C20H22FN3O3/c21-15-6-13-17(24(12-3-4-12)9-14(19(13)25)20(26)27)7-18(15)23-8-11-2-1-5-22-16(11)10-23/h6-7,9,11-12,16,22H,1-5,8,10H2,(H,26,27)/t11-,16+/m1/s1. The van der Waals surface area contributed by atoms with Gasteiger partial charge in [-0.25, -0.2) is 9.18 Å². The SMILES string of the molecule is O=C(O)c1cn(C2CC2)c2cc(N3C[C@H]4CCCN[C@H]4C3)c(F)cc2c1=O. The van der Waals surface area contributed by atoms with Crippen molar-refractivity contribution in [1.29, 1.82) is 0 Å². The zero-order valence-electron chi connectivity index (χ0n) is 14.9. The van der Waals surface area contributed by atoms with E-state index in [9.17, 15) is 19.1 Å². The van der Waals surface area contributed by atoms with Gasteiger partial charge in [0.1, 0.15) is 11.4 Å². The second kappa shape index (κ2) is 6.05. The number of aromatic carboxylic acids is 1. The molecule has 0 radical (unpaired) electrons. The maximum absolute atomic E-state index is 15.0. The van der Waals surface area contributed by atoms with Gasteiger partial charge in [0.25, 0.3) is 0 Å². The minimum absolute atomic E-state index is 0.151. The molecule has 0 amide bonds. The topological polar surface area (TPSA) is 74.6 Å². The van der Waals surface area contributed by atoms with Crippen molar-refractivity contribution in [2.45, 2.75) is 37.8 Å². The van der Waals surface area contributed by atoms with Crippen LogP contribution in [0.1, 0.15) is 42.1 Å². The van der Waals surface area contributed by atoms with Crippen molar-refractivity contribution >= 4 is 22.6 Å². The zero-order chi connectivity index (χ0) is 18.7. The van der Waals surface area contributed by atoms with Crippen molar-refractivity contribution in [2.75, 3.05) is 24.5 Å². The van der Waals surface area contributed by atoms with E-state index < -0.39 is 17.2 Å². The van der Waals surface area contributed by atoms with Gasteiger partial charge in [-0.1, -0.05) is 0 Å². The molecule has 2 saturated heterocycles. The Bertz CT molecular complexity index is 984. The summed E-state index contributed by atoms with van der Waals surface area (Å²) in [4.78, 5) is 26.1. The molecule has 2 aromatic rings. The molecule has 1 saturated carbocycles. The number of carboxylic acids is 1. The van der Waals surface area contributed by atoms with Crippen LogP contribution < -0.4 is 15.6 Å². The number of aromatic nitrogens is 1. The molecule has 1 aromatic heterocycles. The summed E-state index contributed by atoms with van der Waals surface area (Å²) in [5.74, 6) is -1.20. The highest BCUT2D eigenvalue weighted by molar-refractivity contribution is 5.93. The monoisotopic (exact) mass is 371 g/mol. The molecule has 1 aliphatic carbocycles. The van der Waals surface area contributed by atoms with Crippen molar-refractivity contribution in [1.82, 2.24) is 9.88 Å². The third-order valence-corrected chi connectivity index (χ3v) is 6.21. The second-order valence-electron chi connectivity index (χ2n) is 8.00. The Kier molecular flexibility index (Phi) is 3.75. The summed E-state index contributed by atoms with van der Waals surface area (Å²) in [6.07, 6.45) is 5.62. The number of carbonyl (C=O) groups is 1. The van der Waals surface area contributed by atoms with E-state index in [4.69, 9.17) is 0 Å². The van der Waals surface area contributed by atoms with E-state index in [1.165, 1.54) is 12.3 Å². The Labute approximate surface area is 155 Å². The number of nitrogens with one attached hydrogen (secondary N) is 1. The highest BCUT2D eigenvalue weighted by Crippen LogP contribution is 2.39. The molecule has 2 atom stereocenters. The van der Waals surface area contributed by atoms with Crippen molar-refractivity contribution in [3.05, 3.63) is 39.9 Å². The summed E-state index contributed by atoms with van der Waals surface area (Å²) in [6, 6.07) is 3.54. The fourth-order valence-corrected chi connectivity index (χ4v) is 4.65. The number of nitrogens with zero attached hydrogens (tertiary/aromatic N) is 2. The number of pyridine rings is 1. The van der Waals surface area contributed by atoms with Gasteiger partial charge < -0.3 is 19.9 Å². The molecule has 3 fully saturated rings. The number of halogens is 1. The van der Waals surface area contributed by atoms with Crippen LogP contribution in [0.2, 0.25) is 0 Å². The number of anilines is 1. The molecule has 5 rings (SSSR count). The number of rotatable bonds is 3. The van der Waals surface area contributed by atoms with E-state index in [0.717, 1.165) is 45.3 Å². The molecule has 6 nitrogen and oxygen atoms in total. The Hall–Kier alpha value is -2.41. The van der Waals surface area contributed by atoms with Gasteiger partial charge in [0, 0.05) is 36.8 Å². The molecule has 2 aliphatic heterocycles. The predicted molar refractivity (Wildman–Crippen MR) is 100 cm³/mol. The quantitative estimate of drug-likeness (QED) is 0.866. The van der Waals surface area contributed by atoms with E-state index in [2.05, 4.69) is 10.2 Å². The number of fused-ring (bicyclic) bond motifs is 2. The lowest BCUT2D eigenvalue weighted by molar-refractivity contribution is 0.0695. The normalized spacial score (nSPS) is 25.0. The van der Waals surface area contributed by atoms with Gasteiger partial charge in [0.2, 0.25) is 5.43 Å². The number of hydrogen-bond donors (Lipinski definition) is 2. The maximum atomic E-state index is 15.0. The van der Waals surface area contributed by atoms with Crippen LogP contribution in [0.3, 0.4) is 0 Å². The first-order chi connectivity index (χ1) is 13.0. The zero-order valence-corrected chi connectivity index (χ0v) is 14.9. The predicted octanol–water partition coefficient (Wildman–Crippen LogP) is 2.36. The Morgan fingerprint density at radius 2 is 2.04 bits per heavy atom. The number of piperidine rings is 1. The smallest absolute Gasteiger partial charge is 0.341 e. The molecule has 0 bridgehead atoms. The maximum Gasteiger partial charge on any atom is 0.341 e. The lowest BCUT2D eigenvalue weighted by Crippen LogP contribution is -2.40. The van der Waals surface area contributed by atoms with Gasteiger partial charge in [0.15, 0.2) is 0 Å². The molecule has 142 valence electrons. The fraction of sp³-hybridized carbons (Fsp3) is 0.500. The first-order valence-corrected chi connectivity index (χ1v) is 9.63. The van der Waals surface area contributed by atoms with Gasteiger partial charge >= 0.3 is 5.97 Å². The first kappa shape index (κ1) is 16.7. The molecular weight excluding hydrogens is 349 g/mol. The van der Waals surface area contributed by atoms with Crippen molar-refractivity contribution in [2.24, 2.45) is 5.92 Å². The number of benzene rings is 1.